The van der Waals surface area contributed by atoms with E-state index in [1.807, 2.05) is 0 Å². The van der Waals surface area contributed by atoms with E-state index in [2.05, 4.69) is 21.2 Å². The molecule has 0 aliphatic heterocycles. The monoisotopic (exact) mass is 370 g/mol. The number of aromatic carboxylic acids is 1. The molecule has 1 heterocycles. The Balaban J connectivity index is 2.33. The number of carbonyl (C=O) groups is 2. The van der Waals surface area contributed by atoms with Crippen molar-refractivity contribution >= 4 is 49.8 Å². The van der Waals surface area contributed by atoms with E-state index < -0.39 is 16.8 Å². The van der Waals surface area contributed by atoms with Gasteiger partial charge in [-0.25, -0.2) is 4.79 Å². The highest BCUT2D eigenvalue weighted by Gasteiger charge is 2.21. The average molecular weight is 371 g/mol. The number of benzene rings is 1. The second-order valence-corrected chi connectivity index (χ2v) is 5.53. The van der Waals surface area contributed by atoms with Gasteiger partial charge in [-0.1, -0.05) is 6.07 Å². The molecule has 0 saturated carbocycles. The first-order valence-corrected chi connectivity index (χ1v) is 7.14. The molecule has 1 aromatic carbocycles. The Morgan fingerprint density at radius 3 is 2.62 bits per heavy atom. The minimum atomic E-state index is -1.16. The first kappa shape index (κ1) is 15.1. The highest BCUT2D eigenvalue weighted by Crippen LogP contribution is 2.30. The molecule has 21 heavy (non-hydrogen) atoms. The number of hydrogen-bond donors (Lipinski definition) is 2. The second-order valence-electron chi connectivity index (χ2n) is 3.82. The first-order valence-electron chi connectivity index (χ1n) is 5.47. The maximum absolute atomic E-state index is 12.1. The number of anilines is 1. The lowest BCUT2D eigenvalue weighted by atomic mass is 10.2. The number of halogens is 1. The molecule has 0 unspecified atom stereocenters. The van der Waals surface area contributed by atoms with Gasteiger partial charge in [-0.2, -0.15) is 0 Å². The van der Waals surface area contributed by atoms with Crippen molar-refractivity contribution in [3.8, 4) is 0 Å². The van der Waals surface area contributed by atoms with Gasteiger partial charge in [-0.15, -0.1) is 11.3 Å². The SMILES string of the molecule is O=C(O)c1ccsc1NC(=O)c1cccc([N+](=O)[O-])c1Br. The van der Waals surface area contributed by atoms with Crippen LogP contribution in [0.3, 0.4) is 0 Å². The van der Waals surface area contributed by atoms with Gasteiger partial charge >= 0.3 is 5.97 Å². The Bertz CT molecular complexity index is 743. The van der Waals surface area contributed by atoms with Crippen LogP contribution in [-0.2, 0) is 0 Å². The number of carbonyl (C=O) groups excluding carboxylic acids is 1. The molecule has 0 aliphatic rings. The van der Waals surface area contributed by atoms with Gasteiger partial charge in [0.1, 0.15) is 9.47 Å². The lowest BCUT2D eigenvalue weighted by Crippen LogP contribution is -2.14. The van der Waals surface area contributed by atoms with E-state index >= 15 is 0 Å². The van der Waals surface area contributed by atoms with Crippen LogP contribution in [0.4, 0.5) is 10.7 Å². The number of carboxylic acid groups (broad SMARTS) is 1. The predicted octanol–water partition coefficient (Wildman–Crippen LogP) is 3.37. The average Bonchev–Trinajstić information content (AvgIpc) is 2.86. The summed E-state index contributed by atoms with van der Waals surface area (Å²) in [7, 11) is 0. The Labute approximate surface area is 130 Å². The number of nitro benzene ring substituents is 1. The minimum absolute atomic E-state index is 0.0325. The van der Waals surface area contributed by atoms with Gasteiger partial charge in [-0.3, -0.25) is 14.9 Å². The molecule has 1 aromatic heterocycles. The minimum Gasteiger partial charge on any atom is -0.478 e. The summed E-state index contributed by atoms with van der Waals surface area (Å²) in [6.45, 7) is 0. The van der Waals surface area contributed by atoms with Crippen molar-refractivity contribution in [3.05, 3.63) is 55.4 Å². The van der Waals surface area contributed by atoms with Gasteiger partial charge in [0.25, 0.3) is 11.6 Å². The number of nitrogens with one attached hydrogen (secondary N) is 1. The zero-order valence-corrected chi connectivity index (χ0v) is 12.6. The molecule has 1 amide bonds. The van der Waals surface area contributed by atoms with Gasteiger partial charge in [-0.05, 0) is 33.4 Å². The van der Waals surface area contributed by atoms with Crippen molar-refractivity contribution in [3.63, 3.8) is 0 Å². The van der Waals surface area contributed by atoms with E-state index in [-0.39, 0.29) is 26.3 Å². The number of nitro groups is 1. The van der Waals surface area contributed by atoms with Crippen LogP contribution in [0.1, 0.15) is 20.7 Å². The molecule has 7 nitrogen and oxygen atoms in total. The van der Waals surface area contributed by atoms with E-state index in [1.165, 1.54) is 29.6 Å². The summed E-state index contributed by atoms with van der Waals surface area (Å²) in [5.74, 6) is -1.79. The van der Waals surface area contributed by atoms with Crippen molar-refractivity contribution in [2.75, 3.05) is 5.32 Å². The Morgan fingerprint density at radius 1 is 1.29 bits per heavy atom. The van der Waals surface area contributed by atoms with Gasteiger partial charge in [0.2, 0.25) is 0 Å². The zero-order valence-electron chi connectivity index (χ0n) is 10.2. The summed E-state index contributed by atoms with van der Waals surface area (Å²) in [6, 6.07) is 5.41. The molecule has 0 saturated heterocycles. The van der Waals surface area contributed by atoms with Crippen molar-refractivity contribution in [2.45, 2.75) is 0 Å². The van der Waals surface area contributed by atoms with Crippen LogP contribution in [0.5, 0.6) is 0 Å². The first-order chi connectivity index (χ1) is 9.91. The lowest BCUT2D eigenvalue weighted by molar-refractivity contribution is -0.385. The van der Waals surface area contributed by atoms with Crippen LogP contribution < -0.4 is 5.32 Å². The van der Waals surface area contributed by atoms with Gasteiger partial charge in [0.05, 0.1) is 16.1 Å². The fourth-order valence-corrected chi connectivity index (χ4v) is 2.94. The second kappa shape index (κ2) is 6.02. The van der Waals surface area contributed by atoms with Crippen molar-refractivity contribution < 1.29 is 19.6 Å². The molecule has 2 aromatic rings. The van der Waals surface area contributed by atoms with E-state index in [4.69, 9.17) is 5.11 Å². The number of amides is 1. The molecule has 0 aliphatic carbocycles. The topological polar surface area (TPSA) is 110 Å². The van der Waals surface area contributed by atoms with Crippen molar-refractivity contribution in [1.29, 1.82) is 0 Å². The third-order valence-electron chi connectivity index (χ3n) is 2.54. The normalized spacial score (nSPS) is 10.1. The number of carboxylic acids is 1. The zero-order chi connectivity index (χ0) is 15.6. The van der Waals surface area contributed by atoms with Gasteiger partial charge in [0, 0.05) is 6.07 Å². The van der Waals surface area contributed by atoms with E-state index in [1.54, 1.807) is 0 Å². The molecule has 0 spiro atoms. The molecule has 108 valence electrons. The smallest absolute Gasteiger partial charge is 0.338 e. The van der Waals surface area contributed by atoms with Crippen LogP contribution in [-0.4, -0.2) is 21.9 Å². The molecule has 2 rings (SSSR count). The highest BCUT2D eigenvalue weighted by molar-refractivity contribution is 9.10. The van der Waals surface area contributed by atoms with E-state index in [0.717, 1.165) is 11.3 Å². The number of hydrogen-bond acceptors (Lipinski definition) is 5. The molecule has 9 heteroatoms. The molecule has 0 fully saturated rings. The van der Waals surface area contributed by atoms with Crippen LogP contribution >= 0.6 is 27.3 Å². The standard InChI is InChI=1S/C12H7BrN2O5S/c13-9-6(2-1-3-8(9)15(19)20)10(16)14-11-7(12(17)18)4-5-21-11/h1-5H,(H,14,16)(H,17,18). The predicted molar refractivity (Wildman–Crippen MR) is 80.0 cm³/mol. The van der Waals surface area contributed by atoms with Crippen LogP contribution in [0, 0.1) is 10.1 Å². The maximum Gasteiger partial charge on any atom is 0.338 e. The maximum atomic E-state index is 12.1. The number of nitrogens with zero attached hydrogens (tertiary/aromatic N) is 1. The number of thiophene rings is 1. The third kappa shape index (κ3) is 3.09. The molecule has 0 radical (unpaired) electrons. The molecular weight excluding hydrogens is 364 g/mol. The Kier molecular flexibility index (Phi) is 4.34. The fraction of sp³-hybridized carbons (Fsp3) is 0. The summed E-state index contributed by atoms with van der Waals surface area (Å²) in [5, 5.41) is 23.9. The van der Waals surface area contributed by atoms with E-state index in [9.17, 15) is 19.7 Å². The van der Waals surface area contributed by atoms with Gasteiger partial charge < -0.3 is 10.4 Å². The molecule has 0 bridgehead atoms. The summed E-state index contributed by atoms with van der Waals surface area (Å²) in [5.41, 5.74) is -0.226. The van der Waals surface area contributed by atoms with Crippen molar-refractivity contribution in [2.24, 2.45) is 0 Å². The summed E-state index contributed by atoms with van der Waals surface area (Å²) >= 11 is 4.07. The molecule has 2 N–H and O–H groups in total. The van der Waals surface area contributed by atoms with Gasteiger partial charge in [0.15, 0.2) is 0 Å². The van der Waals surface area contributed by atoms with E-state index in [0.29, 0.717) is 0 Å². The molecule has 0 atom stereocenters. The Hall–Kier alpha value is -2.26. The molecular formula is C12H7BrN2O5S. The number of rotatable bonds is 4. The summed E-state index contributed by atoms with van der Waals surface area (Å²) in [6.07, 6.45) is 0. The third-order valence-corrected chi connectivity index (χ3v) is 4.21. The lowest BCUT2D eigenvalue weighted by Gasteiger charge is -2.06. The Morgan fingerprint density at radius 2 is 2.00 bits per heavy atom. The van der Waals surface area contributed by atoms with Crippen molar-refractivity contribution in [1.82, 2.24) is 0 Å². The summed E-state index contributed by atoms with van der Waals surface area (Å²) < 4.78 is 0.0425. The fourth-order valence-electron chi connectivity index (χ4n) is 1.58. The summed E-state index contributed by atoms with van der Waals surface area (Å²) in [4.78, 5) is 33.3. The highest BCUT2D eigenvalue weighted by atomic mass is 79.9. The van der Waals surface area contributed by atoms with Crippen LogP contribution in [0.25, 0.3) is 0 Å². The quantitative estimate of drug-likeness (QED) is 0.633. The van der Waals surface area contributed by atoms with Crippen LogP contribution in [0.2, 0.25) is 0 Å². The largest absolute Gasteiger partial charge is 0.478 e. The van der Waals surface area contributed by atoms with Crippen LogP contribution in [0.15, 0.2) is 34.1 Å².